The lowest BCUT2D eigenvalue weighted by Gasteiger charge is -2.23. The maximum atomic E-state index is 13.5. The molecule has 0 fully saturated rings. The van der Waals surface area contributed by atoms with Crippen molar-refractivity contribution >= 4 is 5.57 Å². The molecular weight excluding hydrogens is 263 g/mol. The largest absolute Gasteiger partial charge is 0.448 e. The molecule has 1 N–H and O–H groups in total. The Morgan fingerprint density at radius 1 is 1.55 bits per heavy atom. The molecule has 5 nitrogen and oxygen atoms in total. The highest BCUT2D eigenvalue weighted by Crippen LogP contribution is 2.31. The third-order valence-corrected chi connectivity index (χ3v) is 3.45. The number of nitrogens with zero attached hydrogens (tertiary/aromatic N) is 2. The van der Waals surface area contributed by atoms with Gasteiger partial charge in [0.05, 0.1) is 12.3 Å². The second-order valence-electron chi connectivity index (χ2n) is 4.90. The number of hydrogen-bond acceptors (Lipinski definition) is 5. The molecule has 0 bridgehead atoms. The van der Waals surface area contributed by atoms with Crippen molar-refractivity contribution in [2.75, 3.05) is 13.9 Å². The fourth-order valence-electron chi connectivity index (χ4n) is 2.22. The Labute approximate surface area is 117 Å². The Hall–Kier alpha value is -1.53. The van der Waals surface area contributed by atoms with Gasteiger partial charge in [-0.1, -0.05) is 6.08 Å². The Kier molecular flexibility index (Phi) is 5.03. The van der Waals surface area contributed by atoms with Crippen LogP contribution in [0.15, 0.2) is 12.3 Å². The van der Waals surface area contributed by atoms with Crippen LogP contribution in [0, 0.1) is 11.7 Å². The quantitative estimate of drug-likeness (QED) is 0.838. The van der Waals surface area contributed by atoms with Crippen LogP contribution in [0.5, 0.6) is 5.88 Å². The molecule has 0 amide bonds. The second-order valence-corrected chi connectivity index (χ2v) is 4.90. The smallest absolute Gasteiger partial charge is 0.256 e. The van der Waals surface area contributed by atoms with E-state index in [-0.39, 0.29) is 24.7 Å². The minimum atomic E-state index is -0.607. The van der Waals surface area contributed by atoms with E-state index in [2.05, 4.69) is 9.97 Å². The van der Waals surface area contributed by atoms with E-state index in [1.807, 2.05) is 6.08 Å². The molecule has 1 aromatic heterocycles. The summed E-state index contributed by atoms with van der Waals surface area (Å²) in [5, 5.41) is 9.57. The summed E-state index contributed by atoms with van der Waals surface area (Å²) in [4.78, 5) is 8.09. The van der Waals surface area contributed by atoms with Gasteiger partial charge in [-0.25, -0.2) is 4.98 Å². The van der Waals surface area contributed by atoms with Crippen LogP contribution in [-0.2, 0) is 4.74 Å². The van der Waals surface area contributed by atoms with Crippen molar-refractivity contribution in [1.29, 1.82) is 0 Å². The van der Waals surface area contributed by atoms with E-state index in [4.69, 9.17) is 9.47 Å². The third-order valence-electron chi connectivity index (χ3n) is 3.45. The molecule has 20 heavy (non-hydrogen) atoms. The minimum Gasteiger partial charge on any atom is -0.448 e. The summed E-state index contributed by atoms with van der Waals surface area (Å²) in [5.74, 6) is 0.0319. The number of ether oxygens (including phenoxy) is 2. The molecule has 0 radical (unpaired) electrons. The highest BCUT2D eigenvalue weighted by molar-refractivity contribution is 5.60. The van der Waals surface area contributed by atoms with Crippen LogP contribution < -0.4 is 4.74 Å². The van der Waals surface area contributed by atoms with E-state index in [1.54, 1.807) is 6.92 Å². The van der Waals surface area contributed by atoms with Crippen LogP contribution in [0.2, 0.25) is 0 Å². The molecule has 0 saturated heterocycles. The number of methoxy groups -OCH3 is 1. The van der Waals surface area contributed by atoms with Gasteiger partial charge in [0.1, 0.15) is 0 Å². The summed E-state index contributed by atoms with van der Waals surface area (Å²) in [5.41, 5.74) is 0.962. The summed E-state index contributed by atoms with van der Waals surface area (Å²) in [6.07, 6.45) is 5.22. The molecule has 110 valence electrons. The van der Waals surface area contributed by atoms with Gasteiger partial charge in [0.2, 0.25) is 5.82 Å². The van der Waals surface area contributed by atoms with Crippen molar-refractivity contribution in [3.8, 4) is 5.88 Å². The number of aromatic nitrogens is 2. The van der Waals surface area contributed by atoms with Crippen molar-refractivity contribution < 1.29 is 19.0 Å². The number of aliphatic hydroxyl groups is 1. The van der Waals surface area contributed by atoms with Gasteiger partial charge in [-0.15, -0.1) is 0 Å². The summed E-state index contributed by atoms with van der Waals surface area (Å²) in [6.45, 7) is 1.74. The van der Waals surface area contributed by atoms with Crippen LogP contribution in [0.4, 0.5) is 4.39 Å². The molecule has 6 heteroatoms. The first-order valence-electron chi connectivity index (χ1n) is 6.63. The van der Waals surface area contributed by atoms with Gasteiger partial charge in [-0.05, 0) is 37.7 Å². The molecule has 1 aliphatic carbocycles. The van der Waals surface area contributed by atoms with Crippen LogP contribution in [0.1, 0.15) is 32.0 Å². The maximum Gasteiger partial charge on any atom is 0.256 e. The van der Waals surface area contributed by atoms with E-state index in [9.17, 15) is 9.50 Å². The SMILES string of the molecule is COCOc1nc(C2=CCC(C(C)O)CC2)ncc1F. The predicted octanol–water partition coefficient (Wildman–Crippen LogP) is 2.16. The highest BCUT2D eigenvalue weighted by Gasteiger charge is 2.21. The summed E-state index contributed by atoms with van der Waals surface area (Å²) >= 11 is 0. The van der Waals surface area contributed by atoms with Gasteiger partial charge in [-0.2, -0.15) is 9.37 Å². The monoisotopic (exact) mass is 282 g/mol. The molecule has 0 saturated carbocycles. The lowest BCUT2D eigenvalue weighted by atomic mass is 9.86. The topological polar surface area (TPSA) is 64.5 Å². The Morgan fingerprint density at radius 2 is 2.35 bits per heavy atom. The molecule has 1 aromatic rings. The lowest BCUT2D eigenvalue weighted by molar-refractivity contribution is 0.0445. The van der Waals surface area contributed by atoms with Crippen LogP contribution >= 0.6 is 0 Å². The molecule has 1 heterocycles. The van der Waals surface area contributed by atoms with Crippen molar-refractivity contribution in [1.82, 2.24) is 9.97 Å². The number of hydrogen-bond donors (Lipinski definition) is 1. The number of aliphatic hydroxyl groups excluding tert-OH is 1. The Balaban J connectivity index is 2.13. The summed E-state index contributed by atoms with van der Waals surface area (Å²) in [7, 11) is 1.46. The van der Waals surface area contributed by atoms with Crippen LogP contribution in [-0.4, -0.2) is 35.1 Å². The molecule has 1 aliphatic rings. The van der Waals surface area contributed by atoms with Gasteiger partial charge >= 0.3 is 0 Å². The zero-order chi connectivity index (χ0) is 14.5. The minimum absolute atomic E-state index is 0.0590. The van der Waals surface area contributed by atoms with Crippen LogP contribution in [0.3, 0.4) is 0 Å². The standard InChI is InChI=1S/C14H19FN2O3/c1-9(18)10-3-5-11(6-4-10)13-16-7-12(15)14(17-13)20-8-19-2/h5,7,9-10,18H,3-4,6,8H2,1-2H3. The van der Waals surface area contributed by atoms with Gasteiger partial charge in [0.25, 0.3) is 5.88 Å². The molecule has 2 rings (SSSR count). The predicted molar refractivity (Wildman–Crippen MR) is 71.5 cm³/mol. The number of halogens is 1. The van der Waals surface area contributed by atoms with Crippen molar-refractivity contribution in [3.63, 3.8) is 0 Å². The first-order valence-corrected chi connectivity index (χ1v) is 6.63. The van der Waals surface area contributed by atoms with Crippen molar-refractivity contribution in [2.45, 2.75) is 32.3 Å². The van der Waals surface area contributed by atoms with E-state index < -0.39 is 5.82 Å². The van der Waals surface area contributed by atoms with Crippen LogP contribution in [0.25, 0.3) is 5.57 Å². The van der Waals surface area contributed by atoms with Gasteiger partial charge in [0, 0.05) is 7.11 Å². The normalized spacial score (nSPS) is 20.4. The molecule has 0 spiro atoms. The fraction of sp³-hybridized carbons (Fsp3) is 0.571. The van der Waals surface area contributed by atoms with E-state index in [0.717, 1.165) is 31.0 Å². The van der Waals surface area contributed by atoms with E-state index >= 15 is 0 Å². The first kappa shape index (κ1) is 14.9. The maximum absolute atomic E-state index is 13.5. The van der Waals surface area contributed by atoms with E-state index in [1.165, 1.54) is 7.11 Å². The number of allylic oxidation sites excluding steroid dienone is 2. The highest BCUT2D eigenvalue weighted by atomic mass is 19.1. The van der Waals surface area contributed by atoms with Gasteiger partial charge in [0.15, 0.2) is 12.6 Å². The average molecular weight is 282 g/mol. The first-order chi connectivity index (χ1) is 9.61. The Bertz CT molecular complexity index is 491. The molecule has 2 unspecified atom stereocenters. The molecule has 0 aliphatic heterocycles. The zero-order valence-corrected chi connectivity index (χ0v) is 11.7. The Morgan fingerprint density at radius 3 is 2.95 bits per heavy atom. The second kappa shape index (κ2) is 6.76. The van der Waals surface area contributed by atoms with Gasteiger partial charge in [-0.3, -0.25) is 0 Å². The van der Waals surface area contributed by atoms with E-state index in [0.29, 0.717) is 5.82 Å². The molecular formula is C14H19FN2O3. The number of rotatable bonds is 5. The van der Waals surface area contributed by atoms with Crippen molar-refractivity contribution in [2.24, 2.45) is 5.92 Å². The summed E-state index contributed by atoms with van der Waals surface area (Å²) in [6, 6.07) is 0. The summed E-state index contributed by atoms with van der Waals surface area (Å²) < 4.78 is 23.3. The van der Waals surface area contributed by atoms with Crippen molar-refractivity contribution in [3.05, 3.63) is 23.9 Å². The average Bonchev–Trinajstić information content (AvgIpc) is 2.46. The fourth-order valence-corrected chi connectivity index (χ4v) is 2.22. The van der Waals surface area contributed by atoms with Gasteiger partial charge < -0.3 is 14.6 Å². The molecule has 0 aromatic carbocycles. The molecule has 2 atom stereocenters. The third kappa shape index (κ3) is 3.52. The lowest BCUT2D eigenvalue weighted by Crippen LogP contribution is -2.19. The zero-order valence-electron chi connectivity index (χ0n) is 11.7.